The van der Waals surface area contributed by atoms with Gasteiger partial charge < -0.3 is 9.84 Å². The van der Waals surface area contributed by atoms with Crippen LogP contribution in [0.25, 0.3) is 0 Å². The number of phenolic OH excluding ortho intramolecular Hbond substituents is 1. The first kappa shape index (κ1) is 21.2. The summed E-state index contributed by atoms with van der Waals surface area (Å²) in [7, 11) is 0. The Kier molecular flexibility index (Phi) is 9.05. The van der Waals surface area contributed by atoms with Gasteiger partial charge >= 0.3 is 0 Å². The highest BCUT2D eigenvalue weighted by Gasteiger charge is 2.18. The SMILES string of the molecule is BrC1CCC1.O=Cc1cccc(O)c1.O=Cc1cccc(OC2CCC2)c1. The molecule has 0 aromatic heterocycles. The molecule has 0 radical (unpaired) electrons. The summed E-state index contributed by atoms with van der Waals surface area (Å²) in [6.07, 6.45) is 9.71. The highest BCUT2D eigenvalue weighted by atomic mass is 79.9. The molecule has 0 unspecified atom stereocenters. The fourth-order valence-electron chi connectivity index (χ4n) is 2.30. The molecule has 0 saturated heterocycles. The summed E-state index contributed by atoms with van der Waals surface area (Å²) in [5.41, 5.74) is 1.17. The normalized spacial score (nSPS) is 15.6. The largest absolute Gasteiger partial charge is 0.508 e. The number of ether oxygens (including phenoxy) is 1. The van der Waals surface area contributed by atoms with E-state index >= 15 is 0 Å². The highest BCUT2D eigenvalue weighted by molar-refractivity contribution is 9.09. The van der Waals surface area contributed by atoms with E-state index in [0.29, 0.717) is 23.5 Å². The van der Waals surface area contributed by atoms with Gasteiger partial charge in [0.15, 0.2) is 0 Å². The highest BCUT2D eigenvalue weighted by Crippen LogP contribution is 2.25. The summed E-state index contributed by atoms with van der Waals surface area (Å²) in [4.78, 5) is 21.4. The van der Waals surface area contributed by atoms with Gasteiger partial charge in [-0.1, -0.05) is 46.6 Å². The number of alkyl halides is 1. The molecule has 2 fully saturated rings. The lowest BCUT2D eigenvalue weighted by Crippen LogP contribution is -2.24. The third-order valence-electron chi connectivity index (χ3n) is 4.39. The van der Waals surface area contributed by atoms with E-state index in [1.54, 1.807) is 24.3 Å². The van der Waals surface area contributed by atoms with Gasteiger partial charge in [-0.3, -0.25) is 9.59 Å². The van der Waals surface area contributed by atoms with Gasteiger partial charge in [-0.15, -0.1) is 0 Å². The van der Waals surface area contributed by atoms with Gasteiger partial charge in [0.1, 0.15) is 24.1 Å². The van der Waals surface area contributed by atoms with Gasteiger partial charge in [-0.25, -0.2) is 0 Å². The first-order valence-corrected chi connectivity index (χ1v) is 10.1. The predicted molar refractivity (Wildman–Crippen MR) is 110 cm³/mol. The first-order valence-electron chi connectivity index (χ1n) is 9.21. The number of rotatable bonds is 4. The molecular weight excluding hydrogens is 408 g/mol. The van der Waals surface area contributed by atoms with Crippen LogP contribution in [0.15, 0.2) is 48.5 Å². The number of aldehydes is 2. The van der Waals surface area contributed by atoms with Gasteiger partial charge in [0, 0.05) is 16.0 Å². The molecule has 2 aromatic carbocycles. The van der Waals surface area contributed by atoms with Gasteiger partial charge in [0.25, 0.3) is 0 Å². The standard InChI is InChI=1S/C11H12O2.C7H6O2.C4H7Br/c12-8-9-3-1-6-11(7-9)13-10-4-2-5-10;8-5-6-2-1-3-7(9)4-6;5-4-2-1-3-4/h1,3,6-8,10H,2,4-5H2;1-5,9H;4H,1-3H2. The molecule has 2 aliphatic carbocycles. The van der Waals surface area contributed by atoms with Crippen molar-refractivity contribution in [2.45, 2.75) is 49.5 Å². The van der Waals surface area contributed by atoms with Gasteiger partial charge in [0.05, 0.1) is 6.10 Å². The number of aromatic hydroxyl groups is 1. The zero-order chi connectivity index (χ0) is 19.5. The van der Waals surface area contributed by atoms with E-state index in [-0.39, 0.29) is 5.75 Å². The summed E-state index contributed by atoms with van der Waals surface area (Å²) in [6.45, 7) is 0. The third-order valence-corrected chi connectivity index (χ3v) is 5.31. The number of carbonyl (C=O) groups is 2. The van der Waals surface area contributed by atoms with Crippen molar-refractivity contribution in [2.24, 2.45) is 0 Å². The molecule has 4 nitrogen and oxygen atoms in total. The molecular formula is C22H25BrO4. The van der Waals surface area contributed by atoms with E-state index in [1.165, 1.54) is 37.8 Å². The molecule has 0 amide bonds. The van der Waals surface area contributed by atoms with Crippen molar-refractivity contribution in [3.63, 3.8) is 0 Å². The predicted octanol–water partition coefficient (Wildman–Crippen LogP) is 5.57. The number of carbonyl (C=O) groups excluding carboxylic acids is 2. The van der Waals surface area contributed by atoms with Crippen LogP contribution in [0.5, 0.6) is 11.5 Å². The van der Waals surface area contributed by atoms with Crippen LogP contribution in [-0.4, -0.2) is 28.6 Å². The van der Waals surface area contributed by atoms with Crippen molar-refractivity contribution < 1.29 is 19.4 Å². The zero-order valence-electron chi connectivity index (χ0n) is 15.2. The van der Waals surface area contributed by atoms with E-state index in [2.05, 4.69) is 15.9 Å². The molecule has 5 heteroatoms. The molecule has 2 saturated carbocycles. The van der Waals surface area contributed by atoms with Crippen molar-refractivity contribution in [2.75, 3.05) is 0 Å². The Balaban J connectivity index is 0.000000161. The summed E-state index contributed by atoms with van der Waals surface area (Å²) in [6, 6.07) is 13.5. The zero-order valence-corrected chi connectivity index (χ0v) is 16.8. The second kappa shape index (κ2) is 11.5. The molecule has 0 heterocycles. The van der Waals surface area contributed by atoms with Crippen LogP contribution in [0.2, 0.25) is 0 Å². The third kappa shape index (κ3) is 7.95. The Hall–Kier alpha value is -2.14. The second-order valence-corrected chi connectivity index (χ2v) is 7.90. The minimum absolute atomic E-state index is 0.125. The monoisotopic (exact) mass is 432 g/mol. The quantitative estimate of drug-likeness (QED) is 0.506. The maximum Gasteiger partial charge on any atom is 0.150 e. The Bertz CT molecular complexity index is 724. The van der Waals surface area contributed by atoms with Crippen LogP contribution in [0, 0.1) is 0 Å². The first-order chi connectivity index (χ1) is 13.1. The fraction of sp³-hybridized carbons (Fsp3) is 0.364. The van der Waals surface area contributed by atoms with E-state index in [9.17, 15) is 9.59 Å². The van der Waals surface area contributed by atoms with Gasteiger partial charge in [-0.05, 0) is 56.4 Å². The van der Waals surface area contributed by atoms with E-state index in [4.69, 9.17) is 9.84 Å². The van der Waals surface area contributed by atoms with Crippen LogP contribution in [-0.2, 0) is 0 Å². The lowest BCUT2D eigenvalue weighted by molar-refractivity contribution is 0.111. The number of hydrogen-bond donors (Lipinski definition) is 1. The number of phenols is 1. The summed E-state index contributed by atoms with van der Waals surface area (Å²) in [5.74, 6) is 0.939. The van der Waals surface area contributed by atoms with E-state index in [0.717, 1.165) is 29.7 Å². The molecule has 27 heavy (non-hydrogen) atoms. The van der Waals surface area contributed by atoms with Crippen LogP contribution in [0.1, 0.15) is 59.2 Å². The Morgan fingerprint density at radius 3 is 1.85 bits per heavy atom. The van der Waals surface area contributed by atoms with Crippen LogP contribution in [0.4, 0.5) is 0 Å². The number of hydrogen-bond acceptors (Lipinski definition) is 4. The summed E-state index contributed by atoms with van der Waals surface area (Å²) in [5, 5.41) is 8.79. The fourth-order valence-corrected chi connectivity index (χ4v) is 2.95. The number of halogens is 1. The van der Waals surface area contributed by atoms with Crippen LogP contribution in [0.3, 0.4) is 0 Å². The minimum Gasteiger partial charge on any atom is -0.508 e. The average Bonchev–Trinajstić information content (AvgIpc) is 2.64. The minimum atomic E-state index is 0.125. The second-order valence-electron chi connectivity index (χ2n) is 6.60. The molecule has 0 atom stereocenters. The Morgan fingerprint density at radius 2 is 1.44 bits per heavy atom. The van der Waals surface area contributed by atoms with Crippen LogP contribution < -0.4 is 4.74 Å². The Labute approximate surface area is 168 Å². The maximum atomic E-state index is 10.5. The lowest BCUT2D eigenvalue weighted by atomic mass is 9.96. The molecule has 144 valence electrons. The molecule has 1 N–H and O–H groups in total. The van der Waals surface area contributed by atoms with Gasteiger partial charge in [-0.2, -0.15) is 0 Å². The summed E-state index contributed by atoms with van der Waals surface area (Å²) >= 11 is 3.46. The topological polar surface area (TPSA) is 63.6 Å². The lowest BCUT2D eigenvalue weighted by Gasteiger charge is -2.26. The molecule has 0 bridgehead atoms. The maximum absolute atomic E-state index is 10.5. The average molecular weight is 433 g/mol. The summed E-state index contributed by atoms with van der Waals surface area (Å²) < 4.78 is 5.63. The Morgan fingerprint density at radius 1 is 0.889 bits per heavy atom. The van der Waals surface area contributed by atoms with E-state index < -0.39 is 0 Å². The van der Waals surface area contributed by atoms with Crippen LogP contribution >= 0.6 is 15.9 Å². The number of benzene rings is 2. The smallest absolute Gasteiger partial charge is 0.150 e. The van der Waals surface area contributed by atoms with Crippen molar-refractivity contribution >= 4 is 28.5 Å². The molecule has 2 aliphatic rings. The molecule has 0 spiro atoms. The van der Waals surface area contributed by atoms with Crippen molar-refractivity contribution in [1.82, 2.24) is 0 Å². The van der Waals surface area contributed by atoms with Crippen molar-refractivity contribution in [3.05, 3.63) is 59.7 Å². The molecule has 2 aromatic rings. The van der Waals surface area contributed by atoms with Crippen molar-refractivity contribution in [1.29, 1.82) is 0 Å². The van der Waals surface area contributed by atoms with E-state index in [1.807, 2.05) is 12.1 Å². The van der Waals surface area contributed by atoms with Crippen molar-refractivity contribution in [3.8, 4) is 11.5 Å². The van der Waals surface area contributed by atoms with Gasteiger partial charge in [0.2, 0.25) is 0 Å². The molecule has 0 aliphatic heterocycles. The molecule has 4 rings (SSSR count).